The molecule has 2 atom stereocenters. The zero-order valence-electron chi connectivity index (χ0n) is 29.0. The fraction of sp³-hybridized carbons (Fsp3) is 0.947. The first-order chi connectivity index (χ1) is 21.0. The quantitative estimate of drug-likeness (QED) is 0.0413. The van der Waals surface area contributed by atoms with Crippen molar-refractivity contribution in [1.82, 2.24) is 0 Å². The summed E-state index contributed by atoms with van der Waals surface area (Å²) in [5, 5.41) is 0. The lowest BCUT2D eigenvalue weighted by atomic mass is 9.96. The van der Waals surface area contributed by atoms with E-state index in [1.165, 1.54) is 148 Å². The Morgan fingerprint density at radius 1 is 0.558 bits per heavy atom. The maximum absolute atomic E-state index is 12.3. The standard InChI is InChI=1S/C38H72O4S/c1-4-6-8-10-12-13-14-15-16-17-18-23-27-31-36(39)41-33-38(34-43-38)42-37(40)32-28-24-20-19-22-26-30-35(3)29-25-21-11-9-7-5-2/h35H,4-34H2,1-3H3/t35-,38-/m0/s1. The van der Waals surface area contributed by atoms with Gasteiger partial charge in [0, 0.05) is 12.8 Å². The molecule has 0 saturated carbocycles. The lowest BCUT2D eigenvalue weighted by molar-refractivity contribution is -0.158. The number of esters is 2. The molecule has 0 spiro atoms. The Morgan fingerprint density at radius 2 is 0.907 bits per heavy atom. The molecule has 1 aliphatic rings. The van der Waals surface area contributed by atoms with Crippen LogP contribution in [-0.4, -0.2) is 29.2 Å². The van der Waals surface area contributed by atoms with Gasteiger partial charge in [-0.15, -0.1) is 11.8 Å². The van der Waals surface area contributed by atoms with Gasteiger partial charge in [0.15, 0.2) is 0 Å². The van der Waals surface area contributed by atoms with Crippen molar-refractivity contribution >= 4 is 23.7 Å². The summed E-state index contributed by atoms with van der Waals surface area (Å²) in [6, 6.07) is 0. The van der Waals surface area contributed by atoms with Crippen molar-refractivity contribution in [2.75, 3.05) is 12.4 Å². The molecule has 0 N–H and O–H groups in total. The van der Waals surface area contributed by atoms with E-state index in [0.29, 0.717) is 12.8 Å². The van der Waals surface area contributed by atoms with Crippen LogP contribution in [0.1, 0.15) is 207 Å². The molecule has 0 amide bonds. The molecule has 0 radical (unpaired) electrons. The molecule has 0 aromatic rings. The van der Waals surface area contributed by atoms with Crippen LogP contribution in [0, 0.1) is 5.92 Å². The number of carbonyl (C=O) groups is 2. The largest absolute Gasteiger partial charge is 0.460 e. The first-order valence-corrected chi connectivity index (χ1v) is 20.0. The van der Waals surface area contributed by atoms with Gasteiger partial charge in [0.2, 0.25) is 4.93 Å². The first-order valence-electron chi connectivity index (χ1n) is 19.0. The van der Waals surface area contributed by atoms with E-state index in [-0.39, 0.29) is 18.5 Å². The van der Waals surface area contributed by atoms with Gasteiger partial charge >= 0.3 is 11.9 Å². The van der Waals surface area contributed by atoms with E-state index in [4.69, 9.17) is 9.47 Å². The van der Waals surface area contributed by atoms with Crippen LogP contribution in [0.4, 0.5) is 0 Å². The highest BCUT2D eigenvalue weighted by atomic mass is 32.2. The summed E-state index contributed by atoms with van der Waals surface area (Å²) in [6.07, 6.45) is 36.1. The van der Waals surface area contributed by atoms with Crippen molar-refractivity contribution in [1.29, 1.82) is 0 Å². The molecule has 1 aliphatic heterocycles. The number of hydrogen-bond donors (Lipinski definition) is 0. The zero-order valence-corrected chi connectivity index (χ0v) is 29.9. The Kier molecular flexibility index (Phi) is 26.9. The average molecular weight is 625 g/mol. The second kappa shape index (κ2) is 28.7. The number of carbonyl (C=O) groups excluding carboxylic acids is 2. The SMILES string of the molecule is CCCCCCCCCCCCCCCC(=O)OC[C@@]1(OC(=O)CCCCCCCC[C@@H](C)CCCCCCCC)CS1. The highest BCUT2D eigenvalue weighted by Gasteiger charge is 2.49. The van der Waals surface area contributed by atoms with Crippen LogP contribution < -0.4 is 0 Å². The zero-order chi connectivity index (χ0) is 31.3. The van der Waals surface area contributed by atoms with Crippen LogP contribution in [0.2, 0.25) is 0 Å². The summed E-state index contributed by atoms with van der Waals surface area (Å²) >= 11 is 1.58. The van der Waals surface area contributed by atoms with Crippen LogP contribution in [0.3, 0.4) is 0 Å². The molecule has 0 bridgehead atoms. The number of ether oxygens (including phenoxy) is 2. The first kappa shape index (κ1) is 40.3. The van der Waals surface area contributed by atoms with Crippen LogP contribution in [0.15, 0.2) is 0 Å². The van der Waals surface area contributed by atoms with Gasteiger partial charge < -0.3 is 9.47 Å². The van der Waals surface area contributed by atoms with Gasteiger partial charge in [0.25, 0.3) is 0 Å². The normalized spacial score (nSPS) is 16.7. The number of rotatable bonds is 33. The Labute approximate surface area is 272 Å². The molecule has 0 aliphatic carbocycles. The molecule has 43 heavy (non-hydrogen) atoms. The minimum absolute atomic E-state index is 0.138. The molecular weight excluding hydrogens is 552 g/mol. The molecular formula is C38H72O4S. The van der Waals surface area contributed by atoms with E-state index in [2.05, 4.69) is 20.8 Å². The van der Waals surface area contributed by atoms with Gasteiger partial charge in [-0.3, -0.25) is 9.59 Å². The summed E-state index contributed by atoms with van der Waals surface area (Å²) in [5.74, 6) is 1.32. The molecule has 1 rings (SSSR count). The summed E-state index contributed by atoms with van der Waals surface area (Å²) in [4.78, 5) is 23.9. The van der Waals surface area contributed by atoms with Crippen molar-refractivity contribution in [3.63, 3.8) is 0 Å². The predicted molar refractivity (Wildman–Crippen MR) is 187 cm³/mol. The molecule has 0 aromatic carbocycles. The monoisotopic (exact) mass is 625 g/mol. The molecule has 1 saturated heterocycles. The third-order valence-corrected chi connectivity index (χ3v) is 10.2. The van der Waals surface area contributed by atoms with Crippen molar-refractivity contribution in [3.8, 4) is 0 Å². The van der Waals surface area contributed by atoms with E-state index >= 15 is 0 Å². The summed E-state index contributed by atoms with van der Waals surface area (Å²) < 4.78 is 11.2. The van der Waals surface area contributed by atoms with Gasteiger partial charge in [-0.1, -0.05) is 181 Å². The van der Waals surface area contributed by atoms with Gasteiger partial charge in [-0.25, -0.2) is 0 Å². The van der Waals surface area contributed by atoms with E-state index in [1.54, 1.807) is 11.8 Å². The third-order valence-electron chi connectivity index (χ3n) is 9.08. The van der Waals surface area contributed by atoms with Crippen LogP contribution in [-0.2, 0) is 19.1 Å². The van der Waals surface area contributed by atoms with Gasteiger partial charge in [-0.2, -0.15) is 0 Å². The molecule has 5 heteroatoms. The number of unbranched alkanes of at least 4 members (excludes halogenated alkanes) is 22. The number of hydrogen-bond acceptors (Lipinski definition) is 5. The van der Waals surface area contributed by atoms with Gasteiger partial charge in [0.1, 0.15) is 6.61 Å². The maximum Gasteiger partial charge on any atom is 0.307 e. The Morgan fingerprint density at radius 3 is 1.30 bits per heavy atom. The van der Waals surface area contributed by atoms with E-state index < -0.39 is 4.93 Å². The molecule has 0 unspecified atom stereocenters. The molecule has 4 nitrogen and oxygen atoms in total. The lowest BCUT2D eigenvalue weighted by Gasteiger charge is -2.15. The summed E-state index contributed by atoms with van der Waals surface area (Å²) in [6.45, 7) is 7.18. The van der Waals surface area contributed by atoms with Crippen molar-refractivity contribution in [3.05, 3.63) is 0 Å². The molecule has 1 heterocycles. The van der Waals surface area contributed by atoms with Gasteiger partial charge in [0.05, 0.1) is 5.75 Å². The van der Waals surface area contributed by atoms with Crippen LogP contribution >= 0.6 is 11.8 Å². The summed E-state index contributed by atoms with van der Waals surface area (Å²) in [7, 11) is 0. The second-order valence-electron chi connectivity index (χ2n) is 13.6. The van der Waals surface area contributed by atoms with E-state index in [0.717, 1.165) is 37.4 Å². The van der Waals surface area contributed by atoms with Crippen molar-refractivity contribution < 1.29 is 19.1 Å². The molecule has 254 valence electrons. The van der Waals surface area contributed by atoms with E-state index in [9.17, 15) is 9.59 Å². The maximum atomic E-state index is 12.3. The van der Waals surface area contributed by atoms with Gasteiger partial charge in [-0.05, 0) is 18.8 Å². The van der Waals surface area contributed by atoms with Crippen LogP contribution in [0.25, 0.3) is 0 Å². The minimum atomic E-state index is -0.602. The lowest BCUT2D eigenvalue weighted by Crippen LogP contribution is -2.27. The van der Waals surface area contributed by atoms with Crippen molar-refractivity contribution in [2.45, 2.75) is 212 Å². The minimum Gasteiger partial charge on any atom is -0.460 e. The van der Waals surface area contributed by atoms with Crippen LogP contribution in [0.5, 0.6) is 0 Å². The fourth-order valence-corrected chi connectivity index (χ4v) is 6.54. The highest BCUT2D eigenvalue weighted by Crippen LogP contribution is 2.46. The molecule has 0 aromatic heterocycles. The predicted octanol–water partition coefficient (Wildman–Crippen LogP) is 12.5. The third kappa shape index (κ3) is 26.2. The number of thioether (sulfide) groups is 1. The Balaban J connectivity index is 1.89. The highest BCUT2D eigenvalue weighted by molar-refractivity contribution is 8.07. The van der Waals surface area contributed by atoms with Crippen molar-refractivity contribution in [2.24, 2.45) is 5.92 Å². The average Bonchev–Trinajstić information content (AvgIpc) is 3.76. The smallest absolute Gasteiger partial charge is 0.307 e. The summed E-state index contributed by atoms with van der Waals surface area (Å²) in [5.41, 5.74) is 0. The van der Waals surface area contributed by atoms with E-state index in [1.807, 2.05) is 0 Å². The molecule has 1 fully saturated rings. The topological polar surface area (TPSA) is 52.6 Å². The second-order valence-corrected chi connectivity index (χ2v) is 15.0. The Hall–Kier alpha value is -0.710. The Bertz CT molecular complexity index is 648. The fourth-order valence-electron chi connectivity index (χ4n) is 5.95.